The minimum absolute atomic E-state index is 0.323. The van der Waals surface area contributed by atoms with Gasteiger partial charge in [0.2, 0.25) is 0 Å². The molecule has 0 bridgehead atoms. The molecule has 0 saturated carbocycles. The summed E-state index contributed by atoms with van der Waals surface area (Å²) in [4.78, 5) is 23.7. The van der Waals surface area contributed by atoms with Crippen LogP contribution in [0.2, 0.25) is 0 Å². The number of thioether (sulfide) groups is 1. The van der Waals surface area contributed by atoms with Crippen molar-refractivity contribution in [2.75, 3.05) is 6.61 Å². The first-order valence-electron chi connectivity index (χ1n) is 10.6. The summed E-state index contributed by atoms with van der Waals surface area (Å²) >= 11 is 0.939. The standard InChI is InChI=1S/C24H29NO3S/c1-2-3-4-5-6-7-8-11-16-28-21-15-14-18(19-12-9-10-13-20(19)21)17-22-23(26)25-24(27)29-22/h9-10,12-15,17H,2-8,11,16H2,1H3,(H,25,26,27)/b22-17-. The third-order valence-corrected chi connectivity index (χ3v) is 5.91. The van der Waals surface area contributed by atoms with Crippen molar-refractivity contribution in [1.29, 1.82) is 0 Å². The number of carbonyl (C=O) groups excluding carboxylic acids is 2. The molecular formula is C24H29NO3S. The van der Waals surface area contributed by atoms with Crippen LogP contribution in [0.4, 0.5) is 4.79 Å². The summed E-state index contributed by atoms with van der Waals surface area (Å²) in [6.07, 6.45) is 12.0. The van der Waals surface area contributed by atoms with Crippen molar-refractivity contribution in [1.82, 2.24) is 5.32 Å². The fraction of sp³-hybridized carbons (Fsp3) is 0.417. The van der Waals surface area contributed by atoms with Gasteiger partial charge >= 0.3 is 0 Å². The Morgan fingerprint density at radius 1 is 0.897 bits per heavy atom. The van der Waals surface area contributed by atoms with E-state index in [1.165, 1.54) is 44.9 Å². The molecule has 2 aromatic carbocycles. The molecule has 4 nitrogen and oxygen atoms in total. The van der Waals surface area contributed by atoms with Crippen molar-refractivity contribution < 1.29 is 14.3 Å². The number of unbranched alkanes of at least 4 members (excludes halogenated alkanes) is 7. The van der Waals surface area contributed by atoms with Crippen LogP contribution < -0.4 is 10.1 Å². The van der Waals surface area contributed by atoms with Gasteiger partial charge in [0, 0.05) is 5.39 Å². The molecule has 0 spiro atoms. The lowest BCUT2D eigenvalue weighted by molar-refractivity contribution is -0.115. The van der Waals surface area contributed by atoms with E-state index >= 15 is 0 Å². The van der Waals surface area contributed by atoms with E-state index in [-0.39, 0.29) is 11.1 Å². The maximum atomic E-state index is 11.8. The number of carbonyl (C=O) groups is 2. The maximum Gasteiger partial charge on any atom is 0.290 e. The number of fused-ring (bicyclic) bond motifs is 1. The van der Waals surface area contributed by atoms with E-state index in [2.05, 4.69) is 12.2 Å². The zero-order chi connectivity index (χ0) is 20.5. The van der Waals surface area contributed by atoms with Crippen LogP contribution in [-0.4, -0.2) is 17.8 Å². The van der Waals surface area contributed by atoms with Gasteiger partial charge in [-0.05, 0) is 41.3 Å². The minimum Gasteiger partial charge on any atom is -0.493 e. The van der Waals surface area contributed by atoms with Gasteiger partial charge in [0.25, 0.3) is 11.1 Å². The first-order valence-corrected chi connectivity index (χ1v) is 11.4. The Labute approximate surface area is 177 Å². The van der Waals surface area contributed by atoms with Crippen molar-refractivity contribution in [3.8, 4) is 5.75 Å². The smallest absolute Gasteiger partial charge is 0.290 e. The molecule has 29 heavy (non-hydrogen) atoms. The van der Waals surface area contributed by atoms with Crippen molar-refractivity contribution in [3.05, 3.63) is 46.9 Å². The number of ether oxygens (including phenoxy) is 1. The third-order valence-electron chi connectivity index (χ3n) is 5.10. The summed E-state index contributed by atoms with van der Waals surface area (Å²) in [5.41, 5.74) is 0.910. The Kier molecular flexibility index (Phi) is 8.17. The molecule has 1 saturated heterocycles. The highest BCUT2D eigenvalue weighted by atomic mass is 32.2. The normalized spacial score (nSPS) is 15.3. The predicted octanol–water partition coefficient (Wildman–Crippen LogP) is 6.68. The summed E-state index contributed by atoms with van der Waals surface area (Å²) in [6.45, 7) is 2.96. The average molecular weight is 412 g/mol. The number of hydrogen-bond donors (Lipinski definition) is 1. The van der Waals surface area contributed by atoms with E-state index in [1.54, 1.807) is 6.08 Å². The Morgan fingerprint density at radius 2 is 1.59 bits per heavy atom. The highest BCUT2D eigenvalue weighted by Crippen LogP contribution is 2.32. The molecule has 1 N–H and O–H groups in total. The zero-order valence-electron chi connectivity index (χ0n) is 17.0. The number of benzene rings is 2. The zero-order valence-corrected chi connectivity index (χ0v) is 17.9. The Morgan fingerprint density at radius 3 is 2.28 bits per heavy atom. The Bertz CT molecular complexity index is 891. The monoisotopic (exact) mass is 411 g/mol. The number of amides is 2. The van der Waals surface area contributed by atoms with E-state index in [0.717, 1.165) is 40.3 Å². The number of nitrogens with one attached hydrogen (secondary N) is 1. The van der Waals surface area contributed by atoms with E-state index in [1.807, 2.05) is 36.4 Å². The Hall–Kier alpha value is -2.27. The van der Waals surface area contributed by atoms with E-state index in [4.69, 9.17) is 4.74 Å². The van der Waals surface area contributed by atoms with Gasteiger partial charge in [0.05, 0.1) is 11.5 Å². The molecule has 0 atom stereocenters. The van der Waals surface area contributed by atoms with Crippen LogP contribution in [0.25, 0.3) is 16.8 Å². The molecule has 0 aromatic heterocycles. The SMILES string of the molecule is CCCCCCCCCCOc1ccc(/C=C2\SC(=O)NC2=O)c2ccccc12. The van der Waals surface area contributed by atoms with Crippen LogP contribution in [0.5, 0.6) is 5.75 Å². The van der Waals surface area contributed by atoms with Crippen LogP contribution in [0.1, 0.15) is 63.9 Å². The van der Waals surface area contributed by atoms with Crippen LogP contribution in [0, 0.1) is 0 Å². The second-order valence-corrected chi connectivity index (χ2v) is 8.39. The first kappa shape index (κ1) is 21.4. The first-order chi connectivity index (χ1) is 14.2. The molecule has 0 radical (unpaired) electrons. The van der Waals surface area contributed by atoms with Gasteiger partial charge in [-0.2, -0.15) is 0 Å². The third kappa shape index (κ3) is 6.10. The topological polar surface area (TPSA) is 55.4 Å². The lowest BCUT2D eigenvalue weighted by atomic mass is 10.0. The fourth-order valence-corrected chi connectivity index (χ4v) is 4.20. The minimum atomic E-state index is -0.334. The van der Waals surface area contributed by atoms with E-state index in [0.29, 0.717) is 11.5 Å². The summed E-state index contributed by atoms with van der Waals surface area (Å²) in [7, 11) is 0. The van der Waals surface area contributed by atoms with Crippen LogP contribution >= 0.6 is 11.8 Å². The molecular weight excluding hydrogens is 382 g/mol. The van der Waals surface area contributed by atoms with E-state index < -0.39 is 0 Å². The van der Waals surface area contributed by atoms with Gasteiger partial charge in [-0.3, -0.25) is 14.9 Å². The molecule has 1 heterocycles. The molecule has 154 valence electrons. The molecule has 0 aliphatic carbocycles. The largest absolute Gasteiger partial charge is 0.493 e. The highest BCUT2D eigenvalue weighted by molar-refractivity contribution is 8.18. The summed E-state index contributed by atoms with van der Waals surface area (Å²) in [6, 6.07) is 11.9. The van der Waals surface area contributed by atoms with Gasteiger partial charge < -0.3 is 4.74 Å². The number of imide groups is 1. The lowest BCUT2D eigenvalue weighted by Gasteiger charge is -2.11. The van der Waals surface area contributed by atoms with Gasteiger partial charge in [-0.15, -0.1) is 0 Å². The molecule has 2 amide bonds. The van der Waals surface area contributed by atoms with Crippen LogP contribution in [0.3, 0.4) is 0 Å². The summed E-state index contributed by atoms with van der Waals surface area (Å²) in [5.74, 6) is 0.532. The molecule has 1 aliphatic rings. The molecule has 3 rings (SSSR count). The van der Waals surface area contributed by atoms with Crippen LogP contribution in [0.15, 0.2) is 41.3 Å². The molecule has 0 unspecified atom stereocenters. The highest BCUT2D eigenvalue weighted by Gasteiger charge is 2.25. The molecule has 1 fully saturated rings. The molecule has 5 heteroatoms. The van der Waals surface area contributed by atoms with Gasteiger partial charge in [-0.1, -0.05) is 82.2 Å². The molecule has 1 aliphatic heterocycles. The quantitative estimate of drug-likeness (QED) is 0.331. The number of hydrogen-bond acceptors (Lipinski definition) is 4. The average Bonchev–Trinajstić information content (AvgIpc) is 3.04. The van der Waals surface area contributed by atoms with Crippen molar-refractivity contribution in [2.24, 2.45) is 0 Å². The summed E-state index contributed by atoms with van der Waals surface area (Å²) < 4.78 is 6.07. The van der Waals surface area contributed by atoms with Gasteiger partial charge in [-0.25, -0.2) is 0 Å². The molecule has 2 aromatic rings. The van der Waals surface area contributed by atoms with Crippen molar-refractivity contribution >= 4 is 39.8 Å². The van der Waals surface area contributed by atoms with E-state index in [9.17, 15) is 9.59 Å². The summed E-state index contributed by atoms with van der Waals surface area (Å²) in [5, 5.41) is 4.01. The lowest BCUT2D eigenvalue weighted by Crippen LogP contribution is -2.17. The fourth-order valence-electron chi connectivity index (χ4n) is 3.53. The van der Waals surface area contributed by atoms with Crippen molar-refractivity contribution in [3.63, 3.8) is 0 Å². The van der Waals surface area contributed by atoms with Gasteiger partial charge in [0.15, 0.2) is 0 Å². The predicted molar refractivity (Wildman–Crippen MR) is 121 cm³/mol. The number of rotatable bonds is 11. The maximum absolute atomic E-state index is 11.8. The Balaban J connectivity index is 1.59. The van der Waals surface area contributed by atoms with Crippen molar-refractivity contribution in [2.45, 2.75) is 58.3 Å². The second-order valence-electron chi connectivity index (χ2n) is 7.37. The van der Waals surface area contributed by atoms with Gasteiger partial charge in [0.1, 0.15) is 5.75 Å². The van der Waals surface area contributed by atoms with Crippen LogP contribution in [-0.2, 0) is 4.79 Å². The second kappa shape index (κ2) is 11.1.